The molecule has 1 heterocycles. The molecule has 26 heavy (non-hydrogen) atoms. The zero-order valence-electron chi connectivity index (χ0n) is 14.9. The van der Waals surface area contributed by atoms with Crippen molar-refractivity contribution in [2.45, 2.75) is 25.7 Å². The van der Waals surface area contributed by atoms with E-state index in [0.717, 1.165) is 42.7 Å². The van der Waals surface area contributed by atoms with Gasteiger partial charge in [-0.2, -0.15) is 0 Å². The summed E-state index contributed by atoms with van der Waals surface area (Å²) in [7, 11) is -3.71. The summed E-state index contributed by atoms with van der Waals surface area (Å²) in [6.45, 7) is 3.23. The van der Waals surface area contributed by atoms with E-state index in [1.54, 1.807) is 0 Å². The summed E-state index contributed by atoms with van der Waals surface area (Å²) >= 11 is 5.72. The molecular formula is C17H25ClFN3O3S. The van der Waals surface area contributed by atoms with Gasteiger partial charge in [-0.1, -0.05) is 18.0 Å². The van der Waals surface area contributed by atoms with Gasteiger partial charge in [-0.15, -0.1) is 0 Å². The molecule has 0 aromatic heterocycles. The first-order chi connectivity index (χ1) is 12.3. The number of likely N-dealkylation sites (tertiary alicyclic amines) is 1. The number of anilines is 1. The van der Waals surface area contributed by atoms with Crippen molar-refractivity contribution in [2.75, 3.05) is 43.3 Å². The highest BCUT2D eigenvalue weighted by Crippen LogP contribution is 2.24. The summed E-state index contributed by atoms with van der Waals surface area (Å²) in [4.78, 5) is 14.5. The molecule has 9 heteroatoms. The van der Waals surface area contributed by atoms with E-state index in [1.807, 2.05) is 0 Å². The molecule has 1 saturated heterocycles. The van der Waals surface area contributed by atoms with Gasteiger partial charge in [0.25, 0.3) is 0 Å². The second-order valence-corrected chi connectivity index (χ2v) is 8.79. The fourth-order valence-corrected chi connectivity index (χ4v) is 3.96. The Morgan fingerprint density at radius 1 is 1.31 bits per heavy atom. The highest BCUT2D eigenvalue weighted by molar-refractivity contribution is 7.92. The molecule has 1 aromatic carbocycles. The van der Waals surface area contributed by atoms with Gasteiger partial charge in [-0.05, 0) is 57.1 Å². The van der Waals surface area contributed by atoms with E-state index in [2.05, 4.69) is 10.2 Å². The Morgan fingerprint density at radius 2 is 2.00 bits per heavy atom. The maximum Gasteiger partial charge on any atom is 0.240 e. The predicted octanol–water partition coefficient (Wildman–Crippen LogP) is 2.24. The molecule has 0 radical (unpaired) electrons. The van der Waals surface area contributed by atoms with Crippen LogP contribution in [0.3, 0.4) is 0 Å². The minimum atomic E-state index is -3.71. The van der Waals surface area contributed by atoms with Crippen molar-refractivity contribution in [2.24, 2.45) is 0 Å². The van der Waals surface area contributed by atoms with Crippen LogP contribution in [0, 0.1) is 5.82 Å². The van der Waals surface area contributed by atoms with Gasteiger partial charge < -0.3 is 10.2 Å². The summed E-state index contributed by atoms with van der Waals surface area (Å²) in [5.74, 6) is -1.06. The molecule has 1 N–H and O–H groups in total. The highest BCUT2D eigenvalue weighted by Gasteiger charge is 2.21. The van der Waals surface area contributed by atoms with E-state index in [4.69, 9.17) is 11.6 Å². The van der Waals surface area contributed by atoms with Crippen LogP contribution in [0.4, 0.5) is 10.1 Å². The number of nitrogens with zero attached hydrogens (tertiary/aromatic N) is 2. The number of halogens is 2. The molecule has 0 atom stereocenters. The minimum Gasteiger partial charge on any atom is -0.354 e. The van der Waals surface area contributed by atoms with Gasteiger partial charge in [0.15, 0.2) is 0 Å². The lowest BCUT2D eigenvalue weighted by atomic mass is 10.1. The van der Waals surface area contributed by atoms with E-state index < -0.39 is 21.7 Å². The van der Waals surface area contributed by atoms with E-state index in [-0.39, 0.29) is 17.3 Å². The Balaban J connectivity index is 1.87. The van der Waals surface area contributed by atoms with E-state index in [9.17, 15) is 17.6 Å². The second-order valence-electron chi connectivity index (χ2n) is 6.47. The van der Waals surface area contributed by atoms with Gasteiger partial charge in [-0.25, -0.2) is 12.8 Å². The molecule has 1 aliphatic heterocycles. The van der Waals surface area contributed by atoms with Crippen LogP contribution < -0.4 is 9.62 Å². The quantitative estimate of drug-likeness (QED) is 0.673. The van der Waals surface area contributed by atoms with Crippen molar-refractivity contribution in [1.82, 2.24) is 10.2 Å². The molecule has 0 aliphatic carbocycles. The zero-order chi connectivity index (χ0) is 19.2. The fourth-order valence-electron chi connectivity index (χ4n) is 2.94. The SMILES string of the molecule is CS(=O)(=O)N(CC(=O)NCCCN1CCCCC1)c1ccc(F)c(Cl)c1. The Bertz CT molecular complexity index is 724. The first-order valence-electron chi connectivity index (χ1n) is 8.69. The first-order valence-corrected chi connectivity index (χ1v) is 10.9. The third kappa shape index (κ3) is 6.41. The number of benzene rings is 1. The molecule has 1 fully saturated rings. The van der Waals surface area contributed by atoms with Crippen LogP contribution in [0.5, 0.6) is 0 Å². The molecule has 1 aromatic rings. The molecule has 1 amide bonds. The Labute approximate surface area is 159 Å². The molecule has 0 spiro atoms. The molecule has 0 unspecified atom stereocenters. The maximum atomic E-state index is 13.3. The average molecular weight is 406 g/mol. The number of piperidine rings is 1. The van der Waals surface area contributed by atoms with Crippen molar-refractivity contribution in [3.05, 3.63) is 29.0 Å². The standard InChI is InChI=1S/C17H25ClFN3O3S/c1-26(24,25)22(14-6-7-16(19)15(18)12-14)13-17(23)20-8-5-11-21-9-3-2-4-10-21/h6-7,12H,2-5,8-11,13H2,1H3,(H,20,23). The van der Waals surface area contributed by atoms with Gasteiger partial charge in [0.05, 0.1) is 17.0 Å². The van der Waals surface area contributed by atoms with Crippen molar-refractivity contribution in [1.29, 1.82) is 0 Å². The molecule has 6 nitrogen and oxygen atoms in total. The molecule has 1 aliphatic rings. The monoisotopic (exact) mass is 405 g/mol. The van der Waals surface area contributed by atoms with Gasteiger partial charge in [0.2, 0.25) is 15.9 Å². The summed E-state index contributed by atoms with van der Waals surface area (Å²) < 4.78 is 38.2. The lowest BCUT2D eigenvalue weighted by Gasteiger charge is -2.26. The van der Waals surface area contributed by atoms with E-state index in [1.165, 1.54) is 31.4 Å². The van der Waals surface area contributed by atoms with Gasteiger partial charge in [0, 0.05) is 6.54 Å². The minimum absolute atomic E-state index is 0.155. The Kier molecular flexibility index (Phi) is 7.67. The summed E-state index contributed by atoms with van der Waals surface area (Å²) in [6.07, 6.45) is 5.52. The van der Waals surface area contributed by atoms with E-state index in [0.29, 0.717) is 6.54 Å². The van der Waals surface area contributed by atoms with Gasteiger partial charge >= 0.3 is 0 Å². The molecule has 0 bridgehead atoms. The third-order valence-electron chi connectivity index (χ3n) is 4.30. The van der Waals surface area contributed by atoms with Crippen LogP contribution in [0.25, 0.3) is 0 Å². The topological polar surface area (TPSA) is 69.7 Å². The number of carbonyl (C=O) groups excluding carboxylic acids is 1. The smallest absolute Gasteiger partial charge is 0.240 e. The van der Waals surface area contributed by atoms with Crippen LogP contribution in [0.2, 0.25) is 5.02 Å². The van der Waals surface area contributed by atoms with Crippen LogP contribution in [-0.4, -0.2) is 58.2 Å². The van der Waals surface area contributed by atoms with Crippen LogP contribution in [0.1, 0.15) is 25.7 Å². The largest absolute Gasteiger partial charge is 0.354 e. The number of rotatable bonds is 8. The predicted molar refractivity (Wildman–Crippen MR) is 102 cm³/mol. The third-order valence-corrected chi connectivity index (χ3v) is 5.73. The first kappa shape index (κ1) is 20.9. The number of hydrogen-bond donors (Lipinski definition) is 1. The lowest BCUT2D eigenvalue weighted by molar-refractivity contribution is -0.119. The van der Waals surface area contributed by atoms with E-state index >= 15 is 0 Å². The summed E-state index contributed by atoms with van der Waals surface area (Å²) in [5.41, 5.74) is 0.155. The summed E-state index contributed by atoms with van der Waals surface area (Å²) in [6, 6.07) is 3.56. The maximum absolute atomic E-state index is 13.3. The zero-order valence-corrected chi connectivity index (χ0v) is 16.5. The van der Waals surface area contributed by atoms with Crippen molar-refractivity contribution in [3.63, 3.8) is 0 Å². The Hall–Kier alpha value is -1.38. The molecule has 146 valence electrons. The summed E-state index contributed by atoms with van der Waals surface area (Å²) in [5, 5.41) is 2.55. The number of carbonyl (C=O) groups is 1. The Morgan fingerprint density at radius 3 is 2.62 bits per heavy atom. The molecule has 2 rings (SSSR count). The lowest BCUT2D eigenvalue weighted by Crippen LogP contribution is -2.41. The number of nitrogens with one attached hydrogen (secondary N) is 1. The van der Waals surface area contributed by atoms with Crippen LogP contribution >= 0.6 is 11.6 Å². The molecule has 0 saturated carbocycles. The molecular weight excluding hydrogens is 381 g/mol. The van der Waals surface area contributed by atoms with Gasteiger partial charge in [-0.3, -0.25) is 9.10 Å². The second kappa shape index (κ2) is 9.53. The number of sulfonamides is 1. The number of amides is 1. The number of hydrogen-bond acceptors (Lipinski definition) is 4. The van der Waals surface area contributed by atoms with Crippen molar-refractivity contribution < 1.29 is 17.6 Å². The van der Waals surface area contributed by atoms with Crippen LogP contribution in [-0.2, 0) is 14.8 Å². The highest BCUT2D eigenvalue weighted by atomic mass is 35.5. The van der Waals surface area contributed by atoms with Crippen LogP contribution in [0.15, 0.2) is 18.2 Å². The normalized spacial score (nSPS) is 15.7. The van der Waals surface area contributed by atoms with Gasteiger partial charge in [0.1, 0.15) is 12.4 Å². The van der Waals surface area contributed by atoms with Crippen molar-refractivity contribution >= 4 is 33.2 Å². The average Bonchev–Trinajstić information content (AvgIpc) is 2.59. The fraction of sp³-hybridized carbons (Fsp3) is 0.588. The van der Waals surface area contributed by atoms with Crippen molar-refractivity contribution in [3.8, 4) is 0 Å².